The van der Waals surface area contributed by atoms with Gasteiger partial charge < -0.3 is 20.7 Å². The first kappa shape index (κ1) is 12.5. The topological polar surface area (TPSA) is 111 Å². The van der Waals surface area contributed by atoms with Crippen LogP contribution in [-0.4, -0.2) is 43.2 Å². The highest BCUT2D eigenvalue weighted by Gasteiger charge is 2.85. The van der Waals surface area contributed by atoms with Crippen molar-refractivity contribution >= 4 is 5.82 Å². The normalized spacial score (nSPS) is 44.1. The molecule has 1 saturated heterocycles. The quantitative estimate of drug-likeness (QED) is 0.633. The van der Waals surface area contributed by atoms with Gasteiger partial charge in [0.1, 0.15) is 17.0 Å². The number of anilines is 1. The maximum absolute atomic E-state index is 14.8. The molecule has 2 fully saturated rings. The molecule has 7 nitrogen and oxygen atoms in total. The molecule has 104 valence electrons. The van der Waals surface area contributed by atoms with E-state index in [0.717, 1.165) is 11.5 Å². The highest BCUT2D eigenvalue weighted by atomic mass is 19.1. The Morgan fingerprint density at radius 3 is 2.95 bits per heavy atom. The highest BCUT2D eigenvalue weighted by molar-refractivity contribution is 5.33. The van der Waals surface area contributed by atoms with E-state index in [2.05, 4.69) is 4.98 Å². The summed E-state index contributed by atoms with van der Waals surface area (Å²) in [6.07, 6.45) is -0.0947. The summed E-state index contributed by atoms with van der Waals surface area (Å²) in [5.41, 5.74) is -0.759. The smallest absolute Gasteiger partial charge is 0.351 e. The van der Waals surface area contributed by atoms with Crippen LogP contribution in [0.3, 0.4) is 0 Å². The number of halogens is 1. The number of hydrogen-bond donors (Lipinski definition) is 3. The van der Waals surface area contributed by atoms with Crippen molar-refractivity contribution < 1.29 is 19.3 Å². The first-order valence-electron chi connectivity index (χ1n) is 5.82. The van der Waals surface area contributed by atoms with Crippen LogP contribution in [-0.2, 0) is 4.74 Å². The predicted molar refractivity (Wildman–Crippen MR) is 61.9 cm³/mol. The molecule has 0 spiro atoms. The van der Waals surface area contributed by atoms with E-state index in [1.807, 2.05) is 0 Å². The summed E-state index contributed by atoms with van der Waals surface area (Å²) in [5, 5.41) is 19.5. The average Bonchev–Trinajstić information content (AvgIpc) is 2.90. The molecule has 4 N–H and O–H groups in total. The van der Waals surface area contributed by atoms with Gasteiger partial charge in [-0.15, -0.1) is 0 Å². The maximum Gasteiger partial charge on any atom is 0.351 e. The average molecular weight is 271 g/mol. The van der Waals surface area contributed by atoms with Gasteiger partial charge in [0.05, 0.1) is 6.61 Å². The van der Waals surface area contributed by atoms with E-state index in [1.165, 1.54) is 12.3 Å². The zero-order valence-corrected chi connectivity index (χ0v) is 10.2. The molecule has 19 heavy (non-hydrogen) atoms. The van der Waals surface area contributed by atoms with Crippen LogP contribution in [0, 0.1) is 0 Å². The molecule has 1 saturated carbocycles. The molecule has 0 amide bonds. The lowest BCUT2D eigenvalue weighted by Crippen LogP contribution is -2.45. The Morgan fingerprint density at radius 2 is 2.42 bits per heavy atom. The van der Waals surface area contributed by atoms with Gasteiger partial charge in [0, 0.05) is 12.6 Å². The Morgan fingerprint density at radius 1 is 1.74 bits per heavy atom. The van der Waals surface area contributed by atoms with E-state index in [1.54, 1.807) is 0 Å². The number of aromatic nitrogens is 2. The third kappa shape index (κ3) is 1.31. The Bertz CT molecular complexity index is 604. The summed E-state index contributed by atoms with van der Waals surface area (Å²) < 4.78 is 21.1. The van der Waals surface area contributed by atoms with Crippen LogP contribution in [0.5, 0.6) is 0 Å². The fraction of sp³-hybridized carbons (Fsp3) is 0.636. The molecule has 1 aromatic heterocycles. The minimum atomic E-state index is -2.21. The van der Waals surface area contributed by atoms with Crippen LogP contribution in [0.15, 0.2) is 17.1 Å². The number of alkyl halides is 1. The lowest BCUT2D eigenvalue weighted by atomic mass is 9.96. The lowest BCUT2D eigenvalue weighted by Gasteiger charge is -2.28. The molecule has 0 unspecified atom stereocenters. The number of aliphatic hydroxyl groups excluding tert-OH is 1. The van der Waals surface area contributed by atoms with Crippen molar-refractivity contribution in [1.29, 1.82) is 0 Å². The fourth-order valence-corrected chi connectivity index (χ4v) is 2.80. The van der Waals surface area contributed by atoms with E-state index in [9.17, 15) is 19.4 Å². The highest BCUT2D eigenvalue weighted by Crippen LogP contribution is 2.68. The molecule has 8 heteroatoms. The molecular weight excluding hydrogens is 257 g/mol. The van der Waals surface area contributed by atoms with Crippen LogP contribution in [0.4, 0.5) is 10.2 Å². The second-order valence-corrected chi connectivity index (χ2v) is 5.28. The van der Waals surface area contributed by atoms with Crippen molar-refractivity contribution in [1.82, 2.24) is 9.55 Å². The zero-order chi connectivity index (χ0) is 14.1. The molecule has 0 aromatic carbocycles. The Labute approximate surface area is 107 Å². The molecule has 3 rings (SSSR count). The van der Waals surface area contributed by atoms with E-state index in [4.69, 9.17) is 10.5 Å². The van der Waals surface area contributed by atoms with E-state index in [-0.39, 0.29) is 12.2 Å². The maximum atomic E-state index is 14.8. The van der Waals surface area contributed by atoms with E-state index >= 15 is 0 Å². The Hall–Kier alpha value is -1.51. The van der Waals surface area contributed by atoms with Gasteiger partial charge in [0.2, 0.25) is 0 Å². The number of nitrogen functional groups attached to an aromatic ring is 1. The number of hydrogen-bond acceptors (Lipinski definition) is 6. The second kappa shape index (κ2) is 3.33. The van der Waals surface area contributed by atoms with Gasteiger partial charge in [-0.3, -0.25) is 4.57 Å². The molecule has 0 bridgehead atoms. The Balaban J connectivity index is 2.06. The molecule has 1 aliphatic heterocycles. The third-order valence-electron chi connectivity index (χ3n) is 4.14. The number of nitrogens with two attached hydrogens (primary N) is 1. The van der Waals surface area contributed by atoms with Crippen LogP contribution in [0.2, 0.25) is 0 Å². The van der Waals surface area contributed by atoms with Crippen molar-refractivity contribution in [2.24, 2.45) is 0 Å². The standard InChI is InChI=1S/C11H14FN3O4/c1-9(12)7(15-3-2-6(13)14-8(15)17)19-10(5-16)4-11(9,10)18/h2-3,7,16,18H,4-5H2,1H3,(H2,13,14,17)/t7-,9+,10-,11+/m1/s1. The monoisotopic (exact) mass is 271 g/mol. The first-order valence-corrected chi connectivity index (χ1v) is 5.82. The minimum Gasteiger partial charge on any atom is -0.393 e. The summed E-state index contributed by atoms with van der Waals surface area (Å²) in [5.74, 6) is 0.0144. The van der Waals surface area contributed by atoms with Crippen LogP contribution >= 0.6 is 0 Å². The number of rotatable bonds is 2. The molecule has 0 radical (unpaired) electrons. The van der Waals surface area contributed by atoms with Crippen LogP contribution in [0.25, 0.3) is 0 Å². The number of fused-ring (bicyclic) bond motifs is 1. The molecule has 1 aromatic rings. The number of ether oxygens (including phenoxy) is 1. The third-order valence-corrected chi connectivity index (χ3v) is 4.14. The van der Waals surface area contributed by atoms with Gasteiger partial charge in [-0.1, -0.05) is 0 Å². The van der Waals surface area contributed by atoms with Crippen molar-refractivity contribution in [3.8, 4) is 0 Å². The van der Waals surface area contributed by atoms with Crippen LogP contribution < -0.4 is 11.4 Å². The van der Waals surface area contributed by atoms with Gasteiger partial charge in [-0.25, -0.2) is 9.18 Å². The largest absolute Gasteiger partial charge is 0.393 e. The van der Waals surface area contributed by atoms with E-state index in [0.29, 0.717) is 0 Å². The van der Waals surface area contributed by atoms with Crippen molar-refractivity contribution in [3.05, 3.63) is 22.7 Å². The van der Waals surface area contributed by atoms with Gasteiger partial charge in [-0.2, -0.15) is 4.98 Å². The molecule has 2 heterocycles. The molecule has 1 aliphatic carbocycles. The van der Waals surface area contributed by atoms with Crippen LogP contribution in [0.1, 0.15) is 19.6 Å². The zero-order valence-electron chi connectivity index (χ0n) is 10.2. The molecule has 4 atom stereocenters. The summed E-state index contributed by atoms with van der Waals surface area (Å²) in [7, 11) is 0. The van der Waals surface area contributed by atoms with Crippen molar-refractivity contribution in [2.75, 3.05) is 12.3 Å². The lowest BCUT2D eigenvalue weighted by molar-refractivity contribution is -0.107. The molecule has 2 aliphatic rings. The van der Waals surface area contributed by atoms with Crippen molar-refractivity contribution in [3.63, 3.8) is 0 Å². The second-order valence-electron chi connectivity index (χ2n) is 5.28. The van der Waals surface area contributed by atoms with Crippen molar-refractivity contribution in [2.45, 2.75) is 36.4 Å². The van der Waals surface area contributed by atoms with Gasteiger partial charge >= 0.3 is 5.69 Å². The summed E-state index contributed by atoms with van der Waals surface area (Å²) in [6.45, 7) is 0.627. The fourth-order valence-electron chi connectivity index (χ4n) is 2.80. The Kier molecular flexibility index (Phi) is 2.19. The van der Waals surface area contributed by atoms with Gasteiger partial charge in [-0.05, 0) is 13.0 Å². The molecular formula is C11H14FN3O4. The number of aliphatic hydroxyl groups is 2. The van der Waals surface area contributed by atoms with Gasteiger partial charge in [0.25, 0.3) is 0 Å². The summed E-state index contributed by atoms with van der Waals surface area (Å²) in [4.78, 5) is 15.2. The first-order chi connectivity index (χ1) is 8.77. The van der Waals surface area contributed by atoms with Gasteiger partial charge in [0.15, 0.2) is 11.9 Å². The minimum absolute atomic E-state index is 0.00283. The summed E-state index contributed by atoms with van der Waals surface area (Å²) in [6, 6.07) is 1.33. The summed E-state index contributed by atoms with van der Waals surface area (Å²) >= 11 is 0. The predicted octanol–water partition coefficient (Wildman–Crippen LogP) is -1.05. The SMILES string of the molecule is C[C@]1(F)[C@H](n2ccc(N)nc2=O)O[C@@]2(CO)C[C@@]21O. The van der Waals surface area contributed by atoms with E-state index < -0.39 is 35.4 Å². The number of nitrogens with zero attached hydrogens (tertiary/aromatic N) is 2.